The zero-order valence-corrected chi connectivity index (χ0v) is 20.5. The van der Waals surface area contributed by atoms with Gasteiger partial charge in [0.25, 0.3) is 11.8 Å². The molecule has 1 aliphatic rings. The minimum Gasteiger partial charge on any atom is -0.386 e. The number of aliphatic hydroxyl groups is 1. The van der Waals surface area contributed by atoms with Crippen molar-refractivity contribution in [2.45, 2.75) is 32.5 Å². The summed E-state index contributed by atoms with van der Waals surface area (Å²) in [6.45, 7) is 6.50. The van der Waals surface area contributed by atoms with Crippen LogP contribution in [0.4, 0.5) is 15.2 Å². The van der Waals surface area contributed by atoms with Crippen molar-refractivity contribution in [2.75, 3.05) is 25.0 Å². The van der Waals surface area contributed by atoms with Crippen LogP contribution in [-0.2, 0) is 10.3 Å². The number of halogens is 1. The molecule has 0 radical (unpaired) electrons. The molecule has 2 aromatic heterocycles. The maximum atomic E-state index is 14.9. The fourth-order valence-corrected chi connectivity index (χ4v) is 4.90. The van der Waals surface area contributed by atoms with Crippen LogP contribution >= 0.6 is 11.3 Å². The van der Waals surface area contributed by atoms with E-state index in [1.165, 1.54) is 12.1 Å². The van der Waals surface area contributed by atoms with Gasteiger partial charge in [-0.25, -0.2) is 9.37 Å². The first kappa shape index (κ1) is 24.8. The smallest absolute Gasteiger partial charge is 0.272 e. The molecule has 1 fully saturated rings. The third-order valence-corrected chi connectivity index (χ3v) is 6.76. The van der Waals surface area contributed by atoms with Gasteiger partial charge < -0.3 is 25.8 Å². The Morgan fingerprint density at radius 2 is 2.06 bits per heavy atom. The Labute approximate surface area is 206 Å². The Kier molecular flexibility index (Phi) is 6.88. The molecule has 1 aromatic carbocycles. The van der Waals surface area contributed by atoms with Crippen molar-refractivity contribution in [2.24, 2.45) is 5.73 Å². The highest BCUT2D eigenvalue weighted by molar-refractivity contribution is 7.20. The van der Waals surface area contributed by atoms with Crippen molar-refractivity contribution in [3.05, 3.63) is 65.1 Å². The first-order valence-electron chi connectivity index (χ1n) is 11.1. The van der Waals surface area contributed by atoms with E-state index in [0.29, 0.717) is 41.0 Å². The highest BCUT2D eigenvalue weighted by Crippen LogP contribution is 2.38. The lowest BCUT2D eigenvalue weighted by Gasteiger charge is -2.30. The minimum absolute atomic E-state index is 0.0467. The van der Waals surface area contributed by atoms with E-state index in [2.05, 4.69) is 10.3 Å². The van der Waals surface area contributed by atoms with Crippen LogP contribution in [0.1, 0.15) is 47.2 Å². The monoisotopic (exact) mass is 498 g/mol. The number of carbonyl (C=O) groups is 2. The number of nitrogens with two attached hydrogens (primary N) is 1. The molecule has 184 valence electrons. The van der Waals surface area contributed by atoms with E-state index in [0.717, 1.165) is 11.3 Å². The largest absolute Gasteiger partial charge is 0.386 e. The molecular formula is C25H27FN4O4S. The zero-order valence-electron chi connectivity index (χ0n) is 19.7. The maximum absolute atomic E-state index is 14.9. The summed E-state index contributed by atoms with van der Waals surface area (Å²) in [5, 5.41) is 13.6. The van der Waals surface area contributed by atoms with Crippen molar-refractivity contribution < 1.29 is 23.8 Å². The molecule has 4 rings (SSSR count). The summed E-state index contributed by atoms with van der Waals surface area (Å²) in [6.07, 6.45) is -0.0467. The first-order chi connectivity index (χ1) is 16.5. The topological polar surface area (TPSA) is 118 Å². The number of nitrogens with zero attached hydrogens (tertiary/aromatic N) is 2. The zero-order chi connectivity index (χ0) is 25.3. The van der Waals surface area contributed by atoms with Crippen LogP contribution in [0.3, 0.4) is 0 Å². The molecule has 3 heterocycles. The number of thiophene rings is 1. The van der Waals surface area contributed by atoms with Gasteiger partial charge in [0, 0.05) is 23.5 Å². The summed E-state index contributed by atoms with van der Waals surface area (Å²) < 4.78 is 20.4. The molecule has 2 amide bonds. The Morgan fingerprint density at radius 3 is 2.71 bits per heavy atom. The van der Waals surface area contributed by atoms with E-state index in [4.69, 9.17) is 10.5 Å². The van der Waals surface area contributed by atoms with Gasteiger partial charge in [0.05, 0.1) is 23.9 Å². The second-order valence-electron chi connectivity index (χ2n) is 8.94. The van der Waals surface area contributed by atoms with E-state index in [-0.39, 0.29) is 28.8 Å². The summed E-state index contributed by atoms with van der Waals surface area (Å²) in [5.41, 5.74) is 5.53. The number of nitrogens with one attached hydrogen (secondary N) is 1. The van der Waals surface area contributed by atoms with Crippen molar-refractivity contribution in [1.29, 1.82) is 0 Å². The quantitative estimate of drug-likeness (QED) is 0.475. The molecule has 35 heavy (non-hydrogen) atoms. The van der Waals surface area contributed by atoms with E-state index in [9.17, 15) is 19.1 Å². The molecule has 1 aliphatic heterocycles. The molecule has 1 atom stereocenters. The van der Waals surface area contributed by atoms with Gasteiger partial charge >= 0.3 is 0 Å². The van der Waals surface area contributed by atoms with E-state index < -0.39 is 17.3 Å². The van der Waals surface area contributed by atoms with Crippen LogP contribution in [-0.4, -0.2) is 52.6 Å². The third kappa shape index (κ3) is 5.50. The minimum atomic E-state index is -1.19. The van der Waals surface area contributed by atoms with Crippen molar-refractivity contribution in [3.63, 3.8) is 0 Å². The van der Waals surface area contributed by atoms with E-state index >= 15 is 0 Å². The molecule has 0 spiro atoms. The van der Waals surface area contributed by atoms with Gasteiger partial charge in [0.1, 0.15) is 22.3 Å². The van der Waals surface area contributed by atoms with Gasteiger partial charge in [-0.05, 0) is 50.6 Å². The molecule has 1 saturated heterocycles. The fourth-order valence-electron chi connectivity index (χ4n) is 3.80. The first-order valence-corrected chi connectivity index (χ1v) is 12.0. The number of rotatable bonds is 6. The molecule has 0 bridgehead atoms. The molecule has 0 aliphatic carbocycles. The number of anilines is 2. The average Bonchev–Trinajstić information content (AvgIpc) is 3.22. The number of pyridine rings is 1. The van der Waals surface area contributed by atoms with Crippen LogP contribution in [0, 0.1) is 5.82 Å². The number of benzene rings is 1. The number of hydrogen-bond acceptors (Lipinski definition) is 7. The highest BCUT2D eigenvalue weighted by atomic mass is 32.1. The summed E-state index contributed by atoms with van der Waals surface area (Å²) in [7, 11) is 0. The SMILES string of the molecule is C[C@@H]1CN(C(=O)c2cccc(Nc3sc(-c4ccc(C(C)(C)O)cc4F)cc3C(N)=O)n2)CCO1. The molecule has 8 nitrogen and oxygen atoms in total. The van der Waals surface area contributed by atoms with Crippen molar-refractivity contribution in [1.82, 2.24) is 9.88 Å². The van der Waals surface area contributed by atoms with Gasteiger partial charge in [-0.3, -0.25) is 9.59 Å². The van der Waals surface area contributed by atoms with Crippen LogP contribution in [0.15, 0.2) is 42.5 Å². The Bertz CT molecular complexity index is 1270. The van der Waals surface area contributed by atoms with Gasteiger partial charge in [0.15, 0.2) is 0 Å². The van der Waals surface area contributed by atoms with Crippen LogP contribution in [0.5, 0.6) is 0 Å². The molecule has 0 unspecified atom stereocenters. The number of ether oxygens (including phenoxy) is 1. The number of morpholine rings is 1. The Morgan fingerprint density at radius 1 is 1.29 bits per heavy atom. The number of hydrogen-bond donors (Lipinski definition) is 3. The van der Waals surface area contributed by atoms with Gasteiger partial charge in [0.2, 0.25) is 0 Å². The van der Waals surface area contributed by atoms with Gasteiger partial charge in [-0.15, -0.1) is 11.3 Å². The Hall–Kier alpha value is -3.34. The van der Waals surface area contributed by atoms with E-state index in [1.807, 2.05) is 6.92 Å². The number of carbonyl (C=O) groups excluding carboxylic acids is 2. The lowest BCUT2D eigenvalue weighted by molar-refractivity contribution is -0.0126. The standard InChI is InChI=1S/C25H27FN4O4S/c1-14-13-30(9-10-34-14)24(32)19-5-4-6-21(28-19)29-23-17(22(27)31)12-20(35-23)16-8-7-15(11-18(16)26)25(2,3)33/h4-8,11-12,14,33H,9-10,13H2,1-3H3,(H2,27,31)(H,28,29)/t14-/m1/s1. The van der Waals surface area contributed by atoms with Gasteiger partial charge in [-0.1, -0.05) is 18.2 Å². The summed E-state index contributed by atoms with van der Waals surface area (Å²) in [6, 6.07) is 11.0. The molecule has 0 saturated carbocycles. The molecule has 10 heteroatoms. The molecule has 3 aromatic rings. The van der Waals surface area contributed by atoms with E-state index in [1.54, 1.807) is 49.1 Å². The van der Waals surface area contributed by atoms with Crippen molar-refractivity contribution >= 4 is 34.0 Å². The van der Waals surface area contributed by atoms with Crippen LogP contribution < -0.4 is 11.1 Å². The lowest BCUT2D eigenvalue weighted by atomic mass is 9.96. The molecular weight excluding hydrogens is 471 g/mol. The molecule has 4 N–H and O–H groups in total. The van der Waals surface area contributed by atoms with Crippen molar-refractivity contribution in [3.8, 4) is 10.4 Å². The fraction of sp³-hybridized carbons (Fsp3) is 0.320. The normalized spacial score (nSPS) is 16.3. The third-order valence-electron chi connectivity index (χ3n) is 5.68. The second kappa shape index (κ2) is 9.73. The lowest BCUT2D eigenvalue weighted by Crippen LogP contribution is -2.44. The maximum Gasteiger partial charge on any atom is 0.272 e. The number of amides is 2. The van der Waals surface area contributed by atoms with Gasteiger partial charge in [-0.2, -0.15) is 0 Å². The average molecular weight is 499 g/mol. The summed E-state index contributed by atoms with van der Waals surface area (Å²) in [4.78, 5) is 31.6. The summed E-state index contributed by atoms with van der Waals surface area (Å²) in [5.74, 6) is -1.07. The van der Waals surface area contributed by atoms with Crippen LogP contribution in [0.25, 0.3) is 10.4 Å². The highest BCUT2D eigenvalue weighted by Gasteiger charge is 2.24. The summed E-state index contributed by atoms with van der Waals surface area (Å²) >= 11 is 1.14. The number of primary amides is 1. The predicted octanol–water partition coefficient (Wildman–Crippen LogP) is 3.88. The second-order valence-corrected chi connectivity index (χ2v) is 9.99. The van der Waals surface area contributed by atoms with Crippen LogP contribution in [0.2, 0.25) is 0 Å². The Balaban J connectivity index is 1.61. The number of aromatic nitrogens is 1. The predicted molar refractivity (Wildman–Crippen MR) is 132 cm³/mol.